The zero-order valence-corrected chi connectivity index (χ0v) is 16.4. The smallest absolute Gasteiger partial charge is 0.0711 e. The van der Waals surface area contributed by atoms with Crippen molar-refractivity contribution in [1.82, 2.24) is 9.97 Å². The Bertz CT molecular complexity index is 1120. The number of fused-ring (bicyclic) bond motifs is 2. The SMILES string of the molecule is Cc1ccc2c(-c3[nH]c4c(C)c(C)ccc4c3CCCCN)cccc2n1. The molecule has 4 rings (SSSR count). The minimum absolute atomic E-state index is 0.743. The number of hydrogen-bond acceptors (Lipinski definition) is 2. The van der Waals surface area contributed by atoms with Gasteiger partial charge in [-0.1, -0.05) is 30.3 Å². The van der Waals surface area contributed by atoms with Crippen molar-refractivity contribution in [1.29, 1.82) is 0 Å². The van der Waals surface area contributed by atoms with Crippen LogP contribution in [0.3, 0.4) is 0 Å². The van der Waals surface area contributed by atoms with Crippen LogP contribution in [0.15, 0.2) is 42.5 Å². The summed E-state index contributed by atoms with van der Waals surface area (Å²) in [5.74, 6) is 0. The zero-order chi connectivity index (χ0) is 19.0. The molecule has 0 bridgehead atoms. The summed E-state index contributed by atoms with van der Waals surface area (Å²) in [5, 5.41) is 2.53. The molecule has 0 amide bonds. The molecule has 0 fully saturated rings. The van der Waals surface area contributed by atoms with Crippen LogP contribution < -0.4 is 5.73 Å². The molecule has 3 N–H and O–H groups in total. The largest absolute Gasteiger partial charge is 0.354 e. The lowest BCUT2D eigenvalue weighted by Crippen LogP contribution is -1.99. The second-order valence-electron chi connectivity index (χ2n) is 7.48. The van der Waals surface area contributed by atoms with E-state index in [4.69, 9.17) is 10.7 Å². The van der Waals surface area contributed by atoms with E-state index in [1.807, 2.05) is 6.92 Å². The number of hydrogen-bond donors (Lipinski definition) is 2. The molecule has 27 heavy (non-hydrogen) atoms. The van der Waals surface area contributed by atoms with Gasteiger partial charge in [0, 0.05) is 27.5 Å². The maximum atomic E-state index is 5.75. The van der Waals surface area contributed by atoms with Gasteiger partial charge in [0.1, 0.15) is 0 Å². The van der Waals surface area contributed by atoms with Gasteiger partial charge in [0.05, 0.1) is 11.2 Å². The molecule has 3 nitrogen and oxygen atoms in total. The number of nitrogens with two attached hydrogens (primary N) is 1. The van der Waals surface area contributed by atoms with E-state index >= 15 is 0 Å². The molecule has 0 aliphatic rings. The Morgan fingerprint density at radius 2 is 1.74 bits per heavy atom. The molecule has 2 aromatic heterocycles. The maximum Gasteiger partial charge on any atom is 0.0711 e. The lowest BCUT2D eigenvalue weighted by molar-refractivity contribution is 0.748. The summed E-state index contributed by atoms with van der Waals surface area (Å²) in [6.07, 6.45) is 3.18. The van der Waals surface area contributed by atoms with Crippen LogP contribution in [0.5, 0.6) is 0 Å². The van der Waals surface area contributed by atoms with Crippen LogP contribution in [-0.4, -0.2) is 16.5 Å². The molecule has 2 aromatic carbocycles. The van der Waals surface area contributed by atoms with Crippen molar-refractivity contribution in [3.63, 3.8) is 0 Å². The number of nitrogens with one attached hydrogen (secondary N) is 1. The Morgan fingerprint density at radius 1 is 0.926 bits per heavy atom. The molecule has 0 unspecified atom stereocenters. The van der Waals surface area contributed by atoms with E-state index in [-0.39, 0.29) is 0 Å². The van der Waals surface area contributed by atoms with Crippen LogP contribution in [0.4, 0.5) is 0 Å². The first-order valence-electron chi connectivity index (χ1n) is 9.77. The number of unbranched alkanes of at least 4 members (excludes halogenated alkanes) is 1. The molecular weight excluding hydrogens is 330 g/mol. The number of aryl methyl sites for hydroxylation is 4. The summed E-state index contributed by atoms with van der Waals surface area (Å²) in [6.45, 7) is 7.16. The average molecular weight is 358 g/mol. The van der Waals surface area contributed by atoms with Crippen LogP contribution in [0.1, 0.15) is 35.2 Å². The Hall–Kier alpha value is -2.65. The number of pyridine rings is 1. The standard InChI is InChI=1S/C24H27N3/c1-15-10-12-21-20(7-4-5-14-25)24(27-23(21)17(15)3)19-8-6-9-22-18(19)13-11-16(2)26-22/h6,8-13,27H,4-5,7,14,25H2,1-3H3. The molecule has 0 aliphatic carbocycles. The summed E-state index contributed by atoms with van der Waals surface area (Å²) in [7, 11) is 0. The fraction of sp³-hybridized carbons (Fsp3) is 0.292. The van der Waals surface area contributed by atoms with E-state index in [0.717, 1.165) is 37.0 Å². The van der Waals surface area contributed by atoms with Gasteiger partial charge < -0.3 is 10.7 Å². The summed E-state index contributed by atoms with van der Waals surface area (Å²) < 4.78 is 0. The molecule has 0 atom stereocenters. The van der Waals surface area contributed by atoms with Crippen LogP contribution in [0, 0.1) is 20.8 Å². The number of benzene rings is 2. The third-order valence-electron chi connectivity index (χ3n) is 5.63. The first-order chi connectivity index (χ1) is 13.1. The van der Waals surface area contributed by atoms with Crippen molar-refractivity contribution < 1.29 is 0 Å². The molecule has 0 saturated carbocycles. The number of aromatic nitrogens is 2. The van der Waals surface area contributed by atoms with Gasteiger partial charge in [-0.15, -0.1) is 0 Å². The number of H-pyrrole nitrogens is 1. The average Bonchev–Trinajstić information content (AvgIpc) is 3.03. The molecule has 0 saturated heterocycles. The minimum atomic E-state index is 0.743. The Morgan fingerprint density at radius 3 is 2.56 bits per heavy atom. The fourth-order valence-corrected chi connectivity index (χ4v) is 3.97. The van der Waals surface area contributed by atoms with Gasteiger partial charge in [0.15, 0.2) is 0 Å². The van der Waals surface area contributed by atoms with E-state index in [2.05, 4.69) is 61.3 Å². The van der Waals surface area contributed by atoms with E-state index < -0.39 is 0 Å². The van der Waals surface area contributed by atoms with Crippen molar-refractivity contribution in [2.24, 2.45) is 5.73 Å². The van der Waals surface area contributed by atoms with E-state index in [1.165, 1.54) is 44.2 Å². The lowest BCUT2D eigenvalue weighted by Gasteiger charge is -2.09. The second kappa shape index (κ2) is 7.16. The fourth-order valence-electron chi connectivity index (χ4n) is 3.97. The Labute approximate surface area is 160 Å². The Balaban J connectivity index is 1.98. The highest BCUT2D eigenvalue weighted by Crippen LogP contribution is 2.36. The van der Waals surface area contributed by atoms with Crippen LogP contribution in [0.2, 0.25) is 0 Å². The first-order valence-corrected chi connectivity index (χ1v) is 9.77. The third kappa shape index (κ3) is 3.13. The normalized spacial score (nSPS) is 11.6. The van der Waals surface area contributed by atoms with Crippen molar-refractivity contribution >= 4 is 21.8 Å². The highest BCUT2D eigenvalue weighted by atomic mass is 14.7. The van der Waals surface area contributed by atoms with Crippen molar-refractivity contribution in [3.05, 3.63) is 64.8 Å². The van der Waals surface area contributed by atoms with Gasteiger partial charge >= 0.3 is 0 Å². The zero-order valence-electron chi connectivity index (χ0n) is 16.4. The number of nitrogens with zero attached hydrogens (tertiary/aromatic N) is 1. The van der Waals surface area contributed by atoms with Crippen LogP contribution in [0.25, 0.3) is 33.1 Å². The van der Waals surface area contributed by atoms with Gasteiger partial charge in [-0.05, 0) is 75.4 Å². The molecule has 138 valence electrons. The summed E-state index contributed by atoms with van der Waals surface area (Å²) in [6, 6.07) is 15.2. The van der Waals surface area contributed by atoms with E-state index in [9.17, 15) is 0 Å². The number of rotatable bonds is 5. The second-order valence-corrected chi connectivity index (χ2v) is 7.48. The van der Waals surface area contributed by atoms with Crippen molar-refractivity contribution in [2.75, 3.05) is 6.54 Å². The summed E-state index contributed by atoms with van der Waals surface area (Å²) in [4.78, 5) is 8.49. The first kappa shape index (κ1) is 17.7. The molecule has 3 heteroatoms. The quantitative estimate of drug-likeness (QED) is 0.457. The molecule has 0 radical (unpaired) electrons. The highest BCUT2D eigenvalue weighted by Gasteiger charge is 2.17. The lowest BCUT2D eigenvalue weighted by atomic mass is 9.96. The monoisotopic (exact) mass is 357 g/mol. The predicted octanol–water partition coefficient (Wildman–Crippen LogP) is 5.59. The van der Waals surface area contributed by atoms with E-state index in [0.29, 0.717) is 0 Å². The van der Waals surface area contributed by atoms with Gasteiger partial charge in [-0.3, -0.25) is 4.98 Å². The summed E-state index contributed by atoms with van der Waals surface area (Å²) in [5.41, 5.74) is 15.6. The third-order valence-corrected chi connectivity index (χ3v) is 5.63. The van der Waals surface area contributed by atoms with Gasteiger partial charge in [-0.25, -0.2) is 0 Å². The van der Waals surface area contributed by atoms with Gasteiger partial charge in [0.2, 0.25) is 0 Å². The van der Waals surface area contributed by atoms with Crippen LogP contribution >= 0.6 is 0 Å². The number of aromatic amines is 1. The molecule has 2 heterocycles. The van der Waals surface area contributed by atoms with Gasteiger partial charge in [-0.2, -0.15) is 0 Å². The molecule has 4 aromatic rings. The highest BCUT2D eigenvalue weighted by molar-refractivity contribution is 6.00. The maximum absolute atomic E-state index is 5.75. The molecular formula is C24H27N3. The molecule has 0 spiro atoms. The van der Waals surface area contributed by atoms with Crippen molar-refractivity contribution in [2.45, 2.75) is 40.0 Å². The predicted molar refractivity (Wildman–Crippen MR) is 115 cm³/mol. The van der Waals surface area contributed by atoms with E-state index in [1.54, 1.807) is 0 Å². The minimum Gasteiger partial charge on any atom is -0.354 e. The van der Waals surface area contributed by atoms with Crippen molar-refractivity contribution in [3.8, 4) is 11.3 Å². The Kier molecular flexibility index (Phi) is 4.71. The molecule has 0 aliphatic heterocycles. The van der Waals surface area contributed by atoms with Gasteiger partial charge in [0.25, 0.3) is 0 Å². The summed E-state index contributed by atoms with van der Waals surface area (Å²) >= 11 is 0. The van der Waals surface area contributed by atoms with Crippen LogP contribution in [-0.2, 0) is 6.42 Å². The topological polar surface area (TPSA) is 54.7 Å².